The summed E-state index contributed by atoms with van der Waals surface area (Å²) in [4.78, 5) is 12.0. The van der Waals surface area contributed by atoms with Crippen molar-refractivity contribution in [1.29, 1.82) is 0 Å². The number of ketones is 1. The Bertz CT molecular complexity index is 678. The van der Waals surface area contributed by atoms with Crippen LogP contribution in [0.1, 0.15) is 52.5 Å². The Morgan fingerprint density at radius 1 is 1.23 bits per heavy atom. The summed E-state index contributed by atoms with van der Waals surface area (Å²) in [5.74, 6) is 0.359. The number of aliphatic hydroxyl groups is 1. The highest BCUT2D eigenvalue weighted by molar-refractivity contribution is 6.74. The molecule has 0 fully saturated rings. The molecule has 0 aliphatic carbocycles. The minimum absolute atomic E-state index is 0.0192. The van der Waals surface area contributed by atoms with Gasteiger partial charge in [0, 0.05) is 18.6 Å². The number of rotatable bonds is 14. The van der Waals surface area contributed by atoms with Gasteiger partial charge in [-0.3, -0.25) is 4.79 Å². The fourth-order valence-corrected chi connectivity index (χ4v) is 4.55. The molecule has 1 rings (SSSR count). The van der Waals surface area contributed by atoms with E-state index in [2.05, 4.69) is 40.4 Å². The van der Waals surface area contributed by atoms with Gasteiger partial charge in [0.15, 0.2) is 8.32 Å². The fourth-order valence-electron chi connectivity index (χ4n) is 3.15. The number of Topliss-reactive ketones (excluding diaryl/α,β-unsaturated/α-hetero) is 1. The van der Waals surface area contributed by atoms with Gasteiger partial charge in [0.2, 0.25) is 0 Å². The van der Waals surface area contributed by atoms with Crippen LogP contribution in [0.25, 0.3) is 0 Å². The highest BCUT2D eigenvalue weighted by Gasteiger charge is 2.40. The van der Waals surface area contributed by atoms with Crippen molar-refractivity contribution in [2.24, 2.45) is 5.92 Å². The van der Waals surface area contributed by atoms with Gasteiger partial charge < -0.3 is 19.0 Å². The molecule has 1 aromatic carbocycles. The molecule has 6 heteroatoms. The van der Waals surface area contributed by atoms with Crippen molar-refractivity contribution in [3.63, 3.8) is 0 Å². The molecule has 0 bridgehead atoms. The van der Waals surface area contributed by atoms with E-state index in [9.17, 15) is 9.90 Å². The number of carbonyl (C=O) groups excluding carboxylic acids is 1. The molecule has 5 nitrogen and oxygen atoms in total. The first kappa shape index (κ1) is 27.6. The molecule has 0 saturated heterocycles. The summed E-state index contributed by atoms with van der Waals surface area (Å²) >= 11 is 0. The topological polar surface area (TPSA) is 65.0 Å². The van der Waals surface area contributed by atoms with E-state index in [1.54, 1.807) is 13.2 Å². The first-order chi connectivity index (χ1) is 14.4. The average Bonchev–Trinajstić information content (AvgIpc) is 2.68. The molecule has 0 unspecified atom stereocenters. The maximum Gasteiger partial charge on any atom is 0.192 e. The molecule has 0 saturated carbocycles. The zero-order valence-corrected chi connectivity index (χ0v) is 21.4. The van der Waals surface area contributed by atoms with Crippen LogP contribution in [0.4, 0.5) is 0 Å². The summed E-state index contributed by atoms with van der Waals surface area (Å²) in [5, 5.41) is 10.8. The van der Waals surface area contributed by atoms with Gasteiger partial charge in [-0.15, -0.1) is 6.58 Å². The van der Waals surface area contributed by atoms with Crippen molar-refractivity contribution >= 4 is 14.1 Å². The molecule has 0 amide bonds. The Labute approximate surface area is 189 Å². The maximum absolute atomic E-state index is 12.0. The van der Waals surface area contributed by atoms with Crippen LogP contribution < -0.4 is 4.74 Å². The third-order valence-electron chi connectivity index (χ3n) is 6.19. The van der Waals surface area contributed by atoms with Gasteiger partial charge in [-0.2, -0.15) is 0 Å². The Balaban J connectivity index is 2.76. The monoisotopic (exact) mass is 450 g/mol. The summed E-state index contributed by atoms with van der Waals surface area (Å²) in [6, 6.07) is 7.80. The average molecular weight is 451 g/mol. The minimum Gasteiger partial charge on any atom is -0.497 e. The second-order valence-corrected chi connectivity index (χ2v) is 14.5. The Morgan fingerprint density at radius 2 is 1.84 bits per heavy atom. The van der Waals surface area contributed by atoms with Crippen LogP contribution in [0.2, 0.25) is 18.1 Å². The lowest BCUT2D eigenvalue weighted by Crippen LogP contribution is -2.45. The van der Waals surface area contributed by atoms with Gasteiger partial charge in [-0.05, 0) is 62.0 Å². The van der Waals surface area contributed by atoms with Crippen LogP contribution >= 0.6 is 0 Å². The minimum atomic E-state index is -2.04. The molecular weight excluding hydrogens is 408 g/mol. The molecule has 0 heterocycles. The van der Waals surface area contributed by atoms with E-state index < -0.39 is 20.3 Å². The molecule has 0 aliphatic heterocycles. The summed E-state index contributed by atoms with van der Waals surface area (Å²) in [5.41, 5.74) is 1.07. The predicted octanol–water partition coefficient (Wildman–Crippen LogP) is 5.52. The standard InChI is InChI=1S/C25H42O5Si/c1-9-10-23(19(2)26)24(27)17-22(30-31(7,8)25(3,4)5)15-16-29-18-20-11-13-21(28-6)14-12-20/h9,11-14,22-24,27H,1,10,15-18H2,2-8H3/t22-,23-,24-/m1/s1. The van der Waals surface area contributed by atoms with E-state index in [0.29, 0.717) is 32.5 Å². The van der Waals surface area contributed by atoms with Crippen molar-refractivity contribution in [3.05, 3.63) is 42.5 Å². The summed E-state index contributed by atoms with van der Waals surface area (Å²) in [6.07, 6.45) is 2.31. The van der Waals surface area contributed by atoms with E-state index in [-0.39, 0.29) is 16.9 Å². The van der Waals surface area contributed by atoms with E-state index in [1.165, 1.54) is 6.92 Å². The van der Waals surface area contributed by atoms with Crippen LogP contribution in [0, 0.1) is 5.92 Å². The highest BCUT2D eigenvalue weighted by Crippen LogP contribution is 2.38. The maximum atomic E-state index is 12.0. The molecule has 31 heavy (non-hydrogen) atoms. The third kappa shape index (κ3) is 9.27. The van der Waals surface area contributed by atoms with Gasteiger partial charge in [0.05, 0.1) is 19.8 Å². The van der Waals surface area contributed by atoms with Gasteiger partial charge in [-0.1, -0.05) is 39.0 Å². The molecule has 176 valence electrons. The van der Waals surface area contributed by atoms with Crippen molar-refractivity contribution < 1.29 is 23.8 Å². The molecule has 0 aromatic heterocycles. The normalized spacial score (nSPS) is 15.2. The number of methoxy groups -OCH3 is 1. The molecule has 3 atom stereocenters. The zero-order valence-electron chi connectivity index (χ0n) is 20.4. The van der Waals surface area contributed by atoms with Gasteiger partial charge in [0.1, 0.15) is 11.5 Å². The molecule has 0 spiro atoms. The lowest BCUT2D eigenvalue weighted by atomic mass is 9.90. The van der Waals surface area contributed by atoms with Gasteiger partial charge >= 0.3 is 0 Å². The molecule has 1 N–H and O–H groups in total. The van der Waals surface area contributed by atoms with Crippen molar-refractivity contribution in [2.75, 3.05) is 13.7 Å². The number of hydrogen-bond acceptors (Lipinski definition) is 5. The SMILES string of the molecule is C=CC[C@H](C(C)=O)[C@H](O)C[C@@H](CCOCc1ccc(OC)cc1)O[Si](C)(C)C(C)(C)C. The van der Waals surface area contributed by atoms with Crippen LogP contribution in [-0.4, -0.2) is 45.1 Å². The fraction of sp³-hybridized carbons (Fsp3) is 0.640. The van der Waals surface area contributed by atoms with Crippen molar-refractivity contribution in [1.82, 2.24) is 0 Å². The second-order valence-electron chi connectivity index (χ2n) is 9.73. The Hall–Kier alpha value is -1.47. The lowest BCUT2D eigenvalue weighted by molar-refractivity contribution is -0.124. The zero-order chi connectivity index (χ0) is 23.7. The van der Waals surface area contributed by atoms with Crippen LogP contribution in [0.15, 0.2) is 36.9 Å². The smallest absolute Gasteiger partial charge is 0.192 e. The van der Waals surface area contributed by atoms with Crippen molar-refractivity contribution in [3.8, 4) is 5.75 Å². The number of allylic oxidation sites excluding steroid dienone is 1. The predicted molar refractivity (Wildman–Crippen MR) is 129 cm³/mol. The molecular formula is C25H42O5Si. The van der Waals surface area contributed by atoms with Crippen molar-refractivity contribution in [2.45, 2.75) is 83.9 Å². The van der Waals surface area contributed by atoms with E-state index in [4.69, 9.17) is 13.9 Å². The quantitative estimate of drug-likeness (QED) is 0.229. The van der Waals surface area contributed by atoms with E-state index in [0.717, 1.165) is 11.3 Å². The largest absolute Gasteiger partial charge is 0.497 e. The van der Waals surface area contributed by atoms with Crippen LogP contribution in [0.3, 0.4) is 0 Å². The number of hydrogen-bond donors (Lipinski definition) is 1. The van der Waals surface area contributed by atoms with E-state index in [1.807, 2.05) is 24.3 Å². The number of ether oxygens (including phenoxy) is 2. The lowest BCUT2D eigenvalue weighted by Gasteiger charge is -2.40. The Morgan fingerprint density at radius 3 is 2.32 bits per heavy atom. The number of aliphatic hydroxyl groups excluding tert-OH is 1. The van der Waals surface area contributed by atoms with Gasteiger partial charge in [-0.25, -0.2) is 0 Å². The summed E-state index contributed by atoms with van der Waals surface area (Å²) in [7, 11) is -0.389. The number of benzene rings is 1. The Kier molecular flexibility index (Phi) is 11.1. The van der Waals surface area contributed by atoms with E-state index >= 15 is 0 Å². The first-order valence-corrected chi connectivity index (χ1v) is 14.0. The van der Waals surface area contributed by atoms with Crippen LogP contribution in [-0.2, 0) is 20.6 Å². The third-order valence-corrected chi connectivity index (χ3v) is 10.7. The first-order valence-electron chi connectivity index (χ1n) is 11.1. The summed E-state index contributed by atoms with van der Waals surface area (Å²) < 4.78 is 17.7. The summed E-state index contributed by atoms with van der Waals surface area (Å²) in [6.45, 7) is 17.3. The molecule has 0 radical (unpaired) electrons. The molecule has 0 aliphatic rings. The van der Waals surface area contributed by atoms with Crippen LogP contribution in [0.5, 0.6) is 5.75 Å². The van der Waals surface area contributed by atoms with Gasteiger partial charge in [0.25, 0.3) is 0 Å². The highest BCUT2D eigenvalue weighted by atomic mass is 28.4. The molecule has 1 aromatic rings. The second kappa shape index (κ2) is 12.5. The number of carbonyl (C=O) groups is 1.